The van der Waals surface area contributed by atoms with Gasteiger partial charge in [0.1, 0.15) is 0 Å². The zero-order valence-electron chi connectivity index (χ0n) is 16.2. The molecule has 0 bridgehead atoms. The van der Waals surface area contributed by atoms with Gasteiger partial charge in [-0.25, -0.2) is 0 Å². The summed E-state index contributed by atoms with van der Waals surface area (Å²) >= 11 is 0. The van der Waals surface area contributed by atoms with Crippen LogP contribution in [0.25, 0.3) is 22.3 Å². The van der Waals surface area contributed by atoms with E-state index in [9.17, 15) is 0 Å². The molecule has 0 heterocycles. The lowest BCUT2D eigenvalue weighted by atomic mass is 9.62. The maximum Gasteiger partial charge on any atom is 0.0447 e. The van der Waals surface area contributed by atoms with Crippen LogP contribution in [0.5, 0.6) is 0 Å². The Morgan fingerprint density at radius 3 is 1.89 bits per heavy atom. The van der Waals surface area contributed by atoms with Crippen LogP contribution in [0.4, 0.5) is 0 Å². The second-order valence-corrected chi connectivity index (χ2v) is 8.30. The largest absolute Gasteiger partial charge is 0.0622 e. The zero-order chi connectivity index (χ0) is 18.9. The fraction of sp³-hybridized carbons (Fsp3) is 0.143. The average molecular weight is 358 g/mol. The summed E-state index contributed by atoms with van der Waals surface area (Å²) in [5, 5.41) is 0. The molecule has 4 aromatic carbocycles. The van der Waals surface area contributed by atoms with Gasteiger partial charge < -0.3 is 0 Å². The fourth-order valence-electron chi connectivity index (χ4n) is 5.78. The van der Waals surface area contributed by atoms with Crippen molar-refractivity contribution in [2.24, 2.45) is 0 Å². The molecule has 0 fully saturated rings. The summed E-state index contributed by atoms with van der Waals surface area (Å²) in [7, 11) is 0. The lowest BCUT2D eigenvalue weighted by Crippen LogP contribution is -2.31. The third-order valence-electron chi connectivity index (χ3n) is 6.97. The van der Waals surface area contributed by atoms with E-state index in [1.165, 1.54) is 50.1 Å². The maximum absolute atomic E-state index is 2.44. The van der Waals surface area contributed by atoms with Gasteiger partial charge in [-0.05, 0) is 57.0 Å². The summed E-state index contributed by atoms with van der Waals surface area (Å²) in [5.41, 5.74) is 12.7. The van der Waals surface area contributed by atoms with Crippen molar-refractivity contribution < 1.29 is 0 Å². The van der Waals surface area contributed by atoms with Gasteiger partial charge in [-0.15, -0.1) is 0 Å². The minimum Gasteiger partial charge on any atom is -0.0622 e. The molecular weight excluding hydrogens is 336 g/mol. The summed E-state index contributed by atoms with van der Waals surface area (Å²) in [5.74, 6) is 0.399. The second kappa shape index (κ2) is 5.45. The molecular formula is C28H22. The molecule has 6 rings (SSSR count). The molecule has 0 radical (unpaired) electrons. The standard InChI is InChI=1S/C28H22/c1-18-20-13-8-15-22(19-10-4-3-5-11-19)26(20)28(2)25-17-7-6-12-23(25)24-16-9-14-21(18)27(24)28/h3-18H,1-2H3. The predicted octanol–water partition coefficient (Wildman–Crippen LogP) is 7.15. The summed E-state index contributed by atoms with van der Waals surface area (Å²) in [6.45, 7) is 4.81. The first-order valence-corrected chi connectivity index (χ1v) is 10.1. The molecule has 0 aromatic heterocycles. The molecule has 28 heavy (non-hydrogen) atoms. The normalized spacial score (nSPS) is 21.0. The highest BCUT2D eigenvalue weighted by Crippen LogP contribution is 2.60. The highest BCUT2D eigenvalue weighted by molar-refractivity contribution is 5.89. The Bertz CT molecular complexity index is 1230. The number of hydrogen-bond acceptors (Lipinski definition) is 0. The number of benzene rings is 4. The molecule has 0 saturated carbocycles. The van der Waals surface area contributed by atoms with E-state index in [1.54, 1.807) is 0 Å². The van der Waals surface area contributed by atoms with Gasteiger partial charge in [0, 0.05) is 11.3 Å². The monoisotopic (exact) mass is 358 g/mol. The van der Waals surface area contributed by atoms with Gasteiger partial charge in [-0.3, -0.25) is 0 Å². The summed E-state index contributed by atoms with van der Waals surface area (Å²) in [6.07, 6.45) is 0. The first-order valence-electron chi connectivity index (χ1n) is 10.1. The van der Waals surface area contributed by atoms with Gasteiger partial charge in [0.2, 0.25) is 0 Å². The van der Waals surface area contributed by atoms with E-state index in [1.807, 2.05) is 0 Å². The van der Waals surface area contributed by atoms with Crippen LogP contribution >= 0.6 is 0 Å². The molecule has 0 amide bonds. The highest BCUT2D eigenvalue weighted by atomic mass is 14.5. The van der Waals surface area contributed by atoms with Gasteiger partial charge in [0.05, 0.1) is 0 Å². The Labute approximate surface area is 166 Å². The SMILES string of the molecule is CC1c2cccc(-c3ccccc3)c2C2(C)c3ccccc3-c3cccc1c32. The molecule has 2 atom stereocenters. The zero-order valence-corrected chi connectivity index (χ0v) is 16.2. The first kappa shape index (κ1) is 15.9. The molecule has 0 N–H and O–H groups in total. The Morgan fingerprint density at radius 2 is 1.14 bits per heavy atom. The summed E-state index contributed by atoms with van der Waals surface area (Å²) in [6, 6.07) is 33.6. The number of rotatable bonds is 1. The molecule has 0 aliphatic heterocycles. The fourth-order valence-corrected chi connectivity index (χ4v) is 5.78. The minimum absolute atomic E-state index is 0.114. The molecule has 0 nitrogen and oxygen atoms in total. The summed E-state index contributed by atoms with van der Waals surface area (Å²) < 4.78 is 0. The van der Waals surface area contributed by atoms with Crippen LogP contribution in [-0.4, -0.2) is 0 Å². The van der Waals surface area contributed by atoms with Crippen LogP contribution in [0.3, 0.4) is 0 Å². The molecule has 0 spiro atoms. The lowest BCUT2D eigenvalue weighted by molar-refractivity contribution is 0.651. The Kier molecular flexibility index (Phi) is 3.09. The van der Waals surface area contributed by atoms with Gasteiger partial charge in [-0.2, -0.15) is 0 Å². The molecule has 134 valence electrons. The van der Waals surface area contributed by atoms with E-state index in [0.29, 0.717) is 5.92 Å². The van der Waals surface area contributed by atoms with Crippen molar-refractivity contribution in [2.75, 3.05) is 0 Å². The molecule has 0 heteroatoms. The van der Waals surface area contributed by atoms with Gasteiger partial charge in [0.15, 0.2) is 0 Å². The van der Waals surface area contributed by atoms with Crippen LogP contribution in [0.1, 0.15) is 47.6 Å². The third kappa shape index (κ3) is 1.81. The van der Waals surface area contributed by atoms with Gasteiger partial charge in [-0.1, -0.05) is 97.9 Å². The van der Waals surface area contributed by atoms with E-state index >= 15 is 0 Å². The van der Waals surface area contributed by atoms with Crippen molar-refractivity contribution in [2.45, 2.75) is 25.2 Å². The first-order chi connectivity index (χ1) is 13.7. The van der Waals surface area contributed by atoms with E-state index in [-0.39, 0.29) is 5.41 Å². The second-order valence-electron chi connectivity index (χ2n) is 8.30. The number of fused-ring (bicyclic) bond motifs is 5. The topological polar surface area (TPSA) is 0 Å². The Balaban J connectivity index is 1.79. The van der Waals surface area contributed by atoms with Crippen molar-refractivity contribution in [3.05, 3.63) is 119 Å². The molecule has 4 aromatic rings. The Morgan fingerprint density at radius 1 is 0.571 bits per heavy atom. The van der Waals surface area contributed by atoms with E-state index in [2.05, 4.69) is 105 Å². The predicted molar refractivity (Wildman–Crippen MR) is 117 cm³/mol. The molecule has 2 aliphatic rings. The molecule has 2 unspecified atom stereocenters. The summed E-state index contributed by atoms with van der Waals surface area (Å²) in [4.78, 5) is 0. The van der Waals surface area contributed by atoms with E-state index in [0.717, 1.165) is 0 Å². The minimum atomic E-state index is -0.114. The highest BCUT2D eigenvalue weighted by Gasteiger charge is 2.48. The quantitative estimate of drug-likeness (QED) is 0.339. The maximum atomic E-state index is 2.44. The molecule has 0 saturated heterocycles. The van der Waals surface area contributed by atoms with Crippen molar-refractivity contribution in [3.8, 4) is 22.3 Å². The van der Waals surface area contributed by atoms with Crippen LogP contribution < -0.4 is 0 Å². The van der Waals surface area contributed by atoms with Gasteiger partial charge >= 0.3 is 0 Å². The van der Waals surface area contributed by atoms with E-state index < -0.39 is 0 Å². The van der Waals surface area contributed by atoms with Crippen molar-refractivity contribution >= 4 is 0 Å². The van der Waals surface area contributed by atoms with Crippen LogP contribution in [0.2, 0.25) is 0 Å². The van der Waals surface area contributed by atoms with Gasteiger partial charge in [0.25, 0.3) is 0 Å². The van der Waals surface area contributed by atoms with Crippen molar-refractivity contribution in [1.29, 1.82) is 0 Å². The average Bonchev–Trinajstić information content (AvgIpc) is 3.03. The van der Waals surface area contributed by atoms with Crippen LogP contribution in [0.15, 0.2) is 91.0 Å². The number of hydrogen-bond donors (Lipinski definition) is 0. The molecule has 2 aliphatic carbocycles. The van der Waals surface area contributed by atoms with Crippen molar-refractivity contribution in [3.63, 3.8) is 0 Å². The lowest BCUT2D eigenvalue weighted by Gasteiger charge is -2.40. The third-order valence-corrected chi connectivity index (χ3v) is 6.97. The van der Waals surface area contributed by atoms with E-state index in [4.69, 9.17) is 0 Å². The van der Waals surface area contributed by atoms with Crippen LogP contribution in [0, 0.1) is 0 Å². The smallest absolute Gasteiger partial charge is 0.0447 e. The Hall–Kier alpha value is -3.12. The van der Waals surface area contributed by atoms with Crippen LogP contribution in [-0.2, 0) is 5.41 Å². The van der Waals surface area contributed by atoms with Crippen molar-refractivity contribution in [1.82, 2.24) is 0 Å².